The molecule has 1 aliphatic heterocycles. The summed E-state index contributed by atoms with van der Waals surface area (Å²) in [5.74, 6) is -0.270. The predicted octanol–water partition coefficient (Wildman–Crippen LogP) is 0.966. The number of nitrogens with two attached hydrogens (primary N) is 1. The van der Waals surface area contributed by atoms with E-state index < -0.39 is 13.0 Å². The number of hydrogen-bond acceptors (Lipinski definition) is 3. The van der Waals surface area contributed by atoms with Gasteiger partial charge in [-0.2, -0.15) is 5.10 Å². The van der Waals surface area contributed by atoms with Crippen molar-refractivity contribution in [3.05, 3.63) is 11.9 Å². The van der Waals surface area contributed by atoms with Crippen molar-refractivity contribution in [3.63, 3.8) is 0 Å². The van der Waals surface area contributed by atoms with Gasteiger partial charge in [-0.25, -0.2) is 8.78 Å². The Bertz CT molecular complexity index is 412. The molecule has 17 heavy (non-hydrogen) atoms. The van der Waals surface area contributed by atoms with Crippen LogP contribution >= 0.6 is 0 Å². The van der Waals surface area contributed by atoms with E-state index in [4.69, 9.17) is 5.73 Å². The van der Waals surface area contributed by atoms with E-state index in [0.29, 0.717) is 13.1 Å². The number of alkyl halides is 2. The highest BCUT2D eigenvalue weighted by atomic mass is 19.3. The number of hydrogen-bond donors (Lipinski definition) is 1. The molecule has 0 bridgehead atoms. The van der Waals surface area contributed by atoms with E-state index in [1.54, 1.807) is 4.90 Å². The molecule has 1 aliphatic rings. The van der Waals surface area contributed by atoms with Crippen molar-refractivity contribution < 1.29 is 13.6 Å². The molecule has 1 fully saturated rings. The van der Waals surface area contributed by atoms with E-state index in [2.05, 4.69) is 5.10 Å². The van der Waals surface area contributed by atoms with Gasteiger partial charge < -0.3 is 10.6 Å². The Labute approximate surface area is 97.2 Å². The first-order chi connectivity index (χ1) is 8.08. The van der Waals surface area contributed by atoms with Crippen molar-refractivity contribution in [1.82, 2.24) is 14.7 Å². The van der Waals surface area contributed by atoms with Crippen LogP contribution in [0.4, 0.5) is 14.5 Å². The number of anilines is 1. The summed E-state index contributed by atoms with van der Waals surface area (Å²) in [4.78, 5) is 13.6. The lowest BCUT2D eigenvalue weighted by Gasteiger charge is -2.13. The molecule has 1 amide bonds. The van der Waals surface area contributed by atoms with Crippen LogP contribution in [0.2, 0.25) is 0 Å². The quantitative estimate of drug-likeness (QED) is 0.861. The standard InChI is InChI=1S/C10H14F2N4O/c11-8(12)6-16-5-7(13)9(14-16)10(17)15-3-1-2-4-15/h5,8H,1-4,6,13H2. The molecule has 5 nitrogen and oxygen atoms in total. The molecule has 0 atom stereocenters. The van der Waals surface area contributed by atoms with E-state index in [1.807, 2.05) is 0 Å². The summed E-state index contributed by atoms with van der Waals surface area (Å²) in [5, 5.41) is 3.81. The lowest BCUT2D eigenvalue weighted by Crippen LogP contribution is -2.28. The lowest BCUT2D eigenvalue weighted by atomic mass is 10.3. The van der Waals surface area contributed by atoms with Crippen LogP contribution in [0.1, 0.15) is 23.3 Å². The molecule has 7 heteroatoms. The first-order valence-electron chi connectivity index (χ1n) is 5.48. The third-order valence-electron chi connectivity index (χ3n) is 2.71. The highest BCUT2D eigenvalue weighted by Gasteiger charge is 2.24. The zero-order valence-electron chi connectivity index (χ0n) is 9.27. The average molecular weight is 244 g/mol. The Morgan fingerprint density at radius 3 is 2.71 bits per heavy atom. The fourth-order valence-corrected chi connectivity index (χ4v) is 1.91. The summed E-state index contributed by atoms with van der Waals surface area (Å²) >= 11 is 0. The molecule has 0 unspecified atom stereocenters. The smallest absolute Gasteiger partial charge is 0.276 e. The molecule has 0 spiro atoms. The molecular formula is C10H14F2N4O. The maximum atomic E-state index is 12.2. The number of carbonyl (C=O) groups is 1. The number of aromatic nitrogens is 2. The van der Waals surface area contributed by atoms with Gasteiger partial charge >= 0.3 is 0 Å². The fraction of sp³-hybridized carbons (Fsp3) is 0.600. The monoisotopic (exact) mass is 244 g/mol. The van der Waals surface area contributed by atoms with Crippen molar-refractivity contribution in [2.24, 2.45) is 0 Å². The molecule has 2 rings (SSSR count). The summed E-state index contributed by atoms with van der Waals surface area (Å²) in [7, 11) is 0. The predicted molar refractivity (Wildman–Crippen MR) is 57.8 cm³/mol. The summed E-state index contributed by atoms with van der Waals surface area (Å²) in [5.41, 5.74) is 5.84. The zero-order chi connectivity index (χ0) is 12.4. The van der Waals surface area contributed by atoms with Gasteiger partial charge in [0, 0.05) is 19.3 Å². The Morgan fingerprint density at radius 2 is 2.12 bits per heavy atom. The topological polar surface area (TPSA) is 64.2 Å². The largest absolute Gasteiger partial charge is 0.396 e. The van der Waals surface area contributed by atoms with Crippen LogP contribution in [0.3, 0.4) is 0 Å². The summed E-state index contributed by atoms with van der Waals surface area (Å²) < 4.78 is 25.4. The number of amides is 1. The fourth-order valence-electron chi connectivity index (χ4n) is 1.91. The van der Waals surface area contributed by atoms with E-state index >= 15 is 0 Å². The second-order valence-electron chi connectivity index (χ2n) is 4.05. The first-order valence-corrected chi connectivity index (χ1v) is 5.48. The molecule has 0 radical (unpaired) electrons. The van der Waals surface area contributed by atoms with Gasteiger partial charge in [-0.3, -0.25) is 9.48 Å². The van der Waals surface area contributed by atoms with Gasteiger partial charge in [0.05, 0.1) is 5.69 Å². The zero-order valence-corrected chi connectivity index (χ0v) is 9.27. The van der Waals surface area contributed by atoms with Crippen LogP contribution in [0.5, 0.6) is 0 Å². The van der Waals surface area contributed by atoms with Crippen molar-refractivity contribution >= 4 is 11.6 Å². The molecule has 1 aromatic rings. The van der Waals surface area contributed by atoms with Crippen LogP contribution in [-0.4, -0.2) is 40.1 Å². The number of rotatable bonds is 3. The maximum absolute atomic E-state index is 12.2. The van der Waals surface area contributed by atoms with Crippen LogP contribution in [-0.2, 0) is 6.54 Å². The minimum atomic E-state index is -2.51. The molecule has 0 saturated carbocycles. The molecule has 2 N–H and O–H groups in total. The molecule has 0 aliphatic carbocycles. The van der Waals surface area contributed by atoms with Gasteiger partial charge in [-0.05, 0) is 12.8 Å². The first kappa shape index (κ1) is 11.8. The number of likely N-dealkylation sites (tertiary alicyclic amines) is 1. The number of nitrogens with zero attached hydrogens (tertiary/aromatic N) is 3. The summed E-state index contributed by atoms with van der Waals surface area (Å²) in [6.07, 6.45) is 0.687. The van der Waals surface area contributed by atoms with E-state index in [-0.39, 0.29) is 17.3 Å². The molecule has 1 aromatic heterocycles. The second-order valence-corrected chi connectivity index (χ2v) is 4.05. The van der Waals surface area contributed by atoms with Gasteiger partial charge in [0.1, 0.15) is 6.54 Å². The van der Waals surface area contributed by atoms with Crippen LogP contribution in [0.25, 0.3) is 0 Å². The van der Waals surface area contributed by atoms with Gasteiger partial charge in [0.25, 0.3) is 12.3 Å². The van der Waals surface area contributed by atoms with Gasteiger partial charge in [-0.15, -0.1) is 0 Å². The SMILES string of the molecule is Nc1cn(CC(F)F)nc1C(=O)N1CCCC1. The number of carbonyl (C=O) groups excluding carboxylic acids is 1. The van der Waals surface area contributed by atoms with E-state index in [1.165, 1.54) is 6.20 Å². The van der Waals surface area contributed by atoms with E-state index in [0.717, 1.165) is 17.5 Å². The Balaban J connectivity index is 2.14. The van der Waals surface area contributed by atoms with E-state index in [9.17, 15) is 13.6 Å². The molecule has 94 valence electrons. The van der Waals surface area contributed by atoms with Crippen LogP contribution in [0, 0.1) is 0 Å². The lowest BCUT2D eigenvalue weighted by molar-refractivity contribution is 0.0783. The van der Waals surface area contributed by atoms with Gasteiger partial charge in [-0.1, -0.05) is 0 Å². The van der Waals surface area contributed by atoms with Crippen molar-refractivity contribution in [1.29, 1.82) is 0 Å². The molecule has 2 heterocycles. The summed E-state index contributed by atoms with van der Waals surface area (Å²) in [6, 6.07) is 0. The Morgan fingerprint density at radius 1 is 1.47 bits per heavy atom. The normalized spacial score (nSPS) is 15.8. The second kappa shape index (κ2) is 4.68. The van der Waals surface area contributed by atoms with Crippen LogP contribution < -0.4 is 5.73 Å². The number of halogens is 2. The average Bonchev–Trinajstić information content (AvgIpc) is 2.85. The highest BCUT2D eigenvalue weighted by Crippen LogP contribution is 2.16. The minimum Gasteiger partial charge on any atom is -0.396 e. The number of nitrogen functional groups attached to an aromatic ring is 1. The maximum Gasteiger partial charge on any atom is 0.276 e. The van der Waals surface area contributed by atoms with Crippen LogP contribution in [0.15, 0.2) is 6.20 Å². The summed E-state index contributed by atoms with van der Waals surface area (Å²) in [6.45, 7) is 0.817. The van der Waals surface area contributed by atoms with Crippen molar-refractivity contribution in [3.8, 4) is 0 Å². The van der Waals surface area contributed by atoms with Gasteiger partial charge in [0.2, 0.25) is 0 Å². The van der Waals surface area contributed by atoms with Crippen molar-refractivity contribution in [2.75, 3.05) is 18.8 Å². The molecular weight excluding hydrogens is 230 g/mol. The third-order valence-corrected chi connectivity index (χ3v) is 2.71. The van der Waals surface area contributed by atoms with Crippen molar-refractivity contribution in [2.45, 2.75) is 25.8 Å². The highest BCUT2D eigenvalue weighted by molar-refractivity contribution is 5.97. The Hall–Kier alpha value is -1.66. The van der Waals surface area contributed by atoms with Gasteiger partial charge in [0.15, 0.2) is 5.69 Å². The Kier molecular flexibility index (Phi) is 3.26. The third kappa shape index (κ3) is 2.54. The minimum absolute atomic E-state index is 0.0764. The molecule has 0 aromatic carbocycles. The molecule has 1 saturated heterocycles.